The van der Waals surface area contributed by atoms with Gasteiger partial charge in [0, 0.05) is 50.3 Å². The van der Waals surface area contributed by atoms with Crippen LogP contribution in [0.5, 0.6) is 0 Å². The number of rotatable bonds is 8. The molecule has 142 valence electrons. The van der Waals surface area contributed by atoms with Crippen molar-refractivity contribution >= 4 is 0 Å². The summed E-state index contributed by atoms with van der Waals surface area (Å²) in [6, 6.07) is 6.09. The minimum absolute atomic E-state index is 0.480. The largest absolute Gasteiger partial charge is 0.375 e. The van der Waals surface area contributed by atoms with Crippen LogP contribution in [0.2, 0.25) is 0 Å². The molecule has 1 spiro atoms. The predicted octanol–water partition coefficient (Wildman–Crippen LogP) is 3.04. The second-order valence-corrected chi connectivity index (χ2v) is 9.46. The van der Waals surface area contributed by atoms with Gasteiger partial charge in [-0.2, -0.15) is 0 Å². The minimum atomic E-state index is 0.480. The van der Waals surface area contributed by atoms with Gasteiger partial charge in [-0.25, -0.2) is 0 Å². The average molecular weight is 356 g/mol. The van der Waals surface area contributed by atoms with Gasteiger partial charge in [-0.1, -0.05) is 6.07 Å². The van der Waals surface area contributed by atoms with E-state index in [-0.39, 0.29) is 0 Å². The van der Waals surface area contributed by atoms with Gasteiger partial charge in [0.2, 0.25) is 0 Å². The van der Waals surface area contributed by atoms with E-state index in [1.54, 1.807) is 0 Å². The molecule has 2 saturated heterocycles. The lowest BCUT2D eigenvalue weighted by Crippen LogP contribution is -2.37. The highest BCUT2D eigenvalue weighted by Crippen LogP contribution is 2.46. The molecule has 2 atom stereocenters. The van der Waals surface area contributed by atoms with E-state index < -0.39 is 0 Å². The first kappa shape index (κ1) is 17.2. The van der Waals surface area contributed by atoms with E-state index in [0.29, 0.717) is 17.9 Å². The molecule has 2 aliphatic carbocycles. The summed E-state index contributed by atoms with van der Waals surface area (Å²) in [6.45, 7) is 9.41. The van der Waals surface area contributed by atoms with E-state index >= 15 is 0 Å². The topological polar surface area (TPSA) is 28.6 Å². The third-order valence-electron chi connectivity index (χ3n) is 7.07. The van der Waals surface area contributed by atoms with Crippen LogP contribution >= 0.6 is 0 Å². The van der Waals surface area contributed by atoms with Crippen molar-refractivity contribution in [3.63, 3.8) is 0 Å². The summed E-state index contributed by atoms with van der Waals surface area (Å²) in [5.74, 6) is 2.69. The Hall–Kier alpha value is -0.970. The predicted molar refractivity (Wildman–Crippen MR) is 103 cm³/mol. The Morgan fingerprint density at radius 1 is 1.04 bits per heavy atom. The Kier molecular flexibility index (Phi) is 4.76. The Morgan fingerprint density at radius 2 is 1.81 bits per heavy atom. The molecule has 0 bridgehead atoms. The van der Waals surface area contributed by atoms with E-state index in [2.05, 4.69) is 20.9 Å². The Bertz CT molecular complexity index is 597. The quantitative estimate of drug-likeness (QED) is 0.717. The molecule has 3 heterocycles. The molecule has 4 fully saturated rings. The second kappa shape index (κ2) is 7.21. The zero-order valence-corrected chi connectivity index (χ0v) is 16.0. The first-order valence-electron chi connectivity index (χ1n) is 10.7. The van der Waals surface area contributed by atoms with E-state index in [9.17, 15) is 0 Å². The molecule has 0 unspecified atom stereocenters. The third-order valence-corrected chi connectivity index (χ3v) is 7.07. The van der Waals surface area contributed by atoms with E-state index in [0.717, 1.165) is 24.1 Å². The maximum atomic E-state index is 6.18. The van der Waals surface area contributed by atoms with Gasteiger partial charge in [0.25, 0.3) is 0 Å². The summed E-state index contributed by atoms with van der Waals surface area (Å²) >= 11 is 0. The van der Waals surface area contributed by atoms with Crippen molar-refractivity contribution in [2.45, 2.75) is 38.7 Å². The molecular formula is C22H33N3O. The molecule has 4 nitrogen and oxygen atoms in total. The molecule has 4 heteroatoms. The number of pyridine rings is 1. The maximum absolute atomic E-state index is 6.18. The number of hydrogen-bond acceptors (Lipinski definition) is 4. The highest BCUT2D eigenvalue weighted by Gasteiger charge is 2.51. The standard InChI is InChI=1S/C22H33N3O/c1-2-9-23-21(3-1)15-26-14-20-13-25(12-19-6-7-19)17-22(20)8-10-24(16-22)11-18-4-5-18/h1-3,9,18-20H,4-8,10-17H2/t20-,22-/m1/s1. The Balaban J connectivity index is 1.20. The van der Waals surface area contributed by atoms with E-state index in [1.807, 2.05) is 18.3 Å². The minimum Gasteiger partial charge on any atom is -0.375 e. The highest BCUT2D eigenvalue weighted by atomic mass is 16.5. The van der Waals surface area contributed by atoms with Gasteiger partial charge in [-0.15, -0.1) is 0 Å². The Morgan fingerprint density at radius 3 is 2.54 bits per heavy atom. The molecule has 26 heavy (non-hydrogen) atoms. The zero-order chi connectivity index (χ0) is 17.4. The summed E-state index contributed by atoms with van der Waals surface area (Å²) in [7, 11) is 0. The SMILES string of the molecule is c1ccc(COC[C@H]2CN(CC3CC3)C[C@]23CCN(CC2CC2)C3)nc1. The molecule has 1 aromatic heterocycles. The number of nitrogens with zero attached hydrogens (tertiary/aromatic N) is 3. The third kappa shape index (κ3) is 3.97. The van der Waals surface area contributed by atoms with Gasteiger partial charge >= 0.3 is 0 Å². The van der Waals surface area contributed by atoms with Crippen molar-refractivity contribution in [1.29, 1.82) is 0 Å². The van der Waals surface area contributed by atoms with Crippen LogP contribution in [0.4, 0.5) is 0 Å². The molecule has 0 amide bonds. The average Bonchev–Trinajstić information content (AvgIpc) is 3.56. The van der Waals surface area contributed by atoms with E-state index in [1.165, 1.54) is 71.4 Å². The summed E-state index contributed by atoms with van der Waals surface area (Å²) in [6.07, 6.45) is 9.08. The fourth-order valence-corrected chi connectivity index (χ4v) is 5.24. The fraction of sp³-hybridized carbons (Fsp3) is 0.773. The summed E-state index contributed by atoms with van der Waals surface area (Å²) < 4.78 is 6.18. The van der Waals surface area contributed by atoms with Crippen molar-refractivity contribution < 1.29 is 4.74 Å². The van der Waals surface area contributed by atoms with Crippen molar-refractivity contribution in [2.24, 2.45) is 23.2 Å². The maximum Gasteiger partial charge on any atom is 0.0887 e. The van der Waals surface area contributed by atoms with Gasteiger partial charge in [-0.3, -0.25) is 4.98 Å². The van der Waals surface area contributed by atoms with Crippen molar-refractivity contribution in [2.75, 3.05) is 45.9 Å². The van der Waals surface area contributed by atoms with Crippen LogP contribution < -0.4 is 0 Å². The lowest BCUT2D eigenvalue weighted by molar-refractivity contribution is 0.0502. The molecule has 0 aromatic carbocycles. The number of ether oxygens (including phenoxy) is 1. The smallest absolute Gasteiger partial charge is 0.0887 e. The molecule has 1 aromatic rings. The number of aromatic nitrogens is 1. The summed E-state index contributed by atoms with van der Waals surface area (Å²) in [5.41, 5.74) is 1.53. The van der Waals surface area contributed by atoms with Crippen molar-refractivity contribution in [3.05, 3.63) is 30.1 Å². The van der Waals surface area contributed by atoms with Crippen LogP contribution in [0.1, 0.15) is 37.8 Å². The zero-order valence-electron chi connectivity index (χ0n) is 16.0. The van der Waals surface area contributed by atoms with Crippen molar-refractivity contribution in [3.8, 4) is 0 Å². The van der Waals surface area contributed by atoms with Gasteiger partial charge in [0.1, 0.15) is 0 Å². The van der Waals surface area contributed by atoms with Gasteiger partial charge in [0.15, 0.2) is 0 Å². The van der Waals surface area contributed by atoms with Gasteiger partial charge in [0.05, 0.1) is 18.9 Å². The van der Waals surface area contributed by atoms with Crippen LogP contribution in [-0.2, 0) is 11.3 Å². The molecule has 4 aliphatic rings. The first-order valence-corrected chi connectivity index (χ1v) is 10.7. The van der Waals surface area contributed by atoms with Crippen LogP contribution in [0.15, 0.2) is 24.4 Å². The molecular weight excluding hydrogens is 322 g/mol. The fourth-order valence-electron chi connectivity index (χ4n) is 5.24. The Labute approximate surface area is 157 Å². The molecule has 2 aliphatic heterocycles. The van der Waals surface area contributed by atoms with E-state index in [4.69, 9.17) is 4.74 Å². The van der Waals surface area contributed by atoms with Gasteiger partial charge < -0.3 is 14.5 Å². The monoisotopic (exact) mass is 355 g/mol. The molecule has 0 radical (unpaired) electrons. The molecule has 2 saturated carbocycles. The molecule has 0 N–H and O–H groups in total. The van der Waals surface area contributed by atoms with Crippen LogP contribution in [0, 0.1) is 23.2 Å². The lowest BCUT2D eigenvalue weighted by Gasteiger charge is -2.30. The number of likely N-dealkylation sites (tertiary alicyclic amines) is 2. The summed E-state index contributed by atoms with van der Waals surface area (Å²) in [4.78, 5) is 9.94. The van der Waals surface area contributed by atoms with Gasteiger partial charge in [-0.05, 0) is 62.6 Å². The number of hydrogen-bond donors (Lipinski definition) is 0. The summed E-state index contributed by atoms with van der Waals surface area (Å²) in [5, 5.41) is 0. The van der Waals surface area contributed by atoms with Crippen LogP contribution in [0.25, 0.3) is 0 Å². The van der Waals surface area contributed by atoms with Crippen molar-refractivity contribution in [1.82, 2.24) is 14.8 Å². The second-order valence-electron chi connectivity index (χ2n) is 9.46. The highest BCUT2D eigenvalue weighted by molar-refractivity contribution is 5.04. The molecule has 5 rings (SSSR count). The lowest BCUT2D eigenvalue weighted by atomic mass is 9.77. The first-order chi connectivity index (χ1) is 12.8. The normalized spacial score (nSPS) is 32.7. The van der Waals surface area contributed by atoms with Crippen LogP contribution in [0.3, 0.4) is 0 Å². The van der Waals surface area contributed by atoms with Crippen LogP contribution in [-0.4, -0.2) is 60.7 Å².